The summed E-state index contributed by atoms with van der Waals surface area (Å²) in [4.78, 5) is 38.2. The molecule has 36 heavy (non-hydrogen) atoms. The zero-order valence-corrected chi connectivity index (χ0v) is 20.7. The fourth-order valence-electron chi connectivity index (χ4n) is 3.69. The van der Waals surface area contributed by atoms with Gasteiger partial charge in [-0.05, 0) is 35.6 Å². The molecule has 3 rings (SSSR count). The van der Waals surface area contributed by atoms with Gasteiger partial charge in [-0.1, -0.05) is 51.1 Å². The molecule has 4 N–H and O–H groups in total. The van der Waals surface area contributed by atoms with Crippen LogP contribution >= 0.6 is 0 Å². The van der Waals surface area contributed by atoms with Crippen molar-refractivity contribution in [1.29, 1.82) is 0 Å². The van der Waals surface area contributed by atoms with Crippen LogP contribution in [0.5, 0.6) is 0 Å². The summed E-state index contributed by atoms with van der Waals surface area (Å²) in [6, 6.07) is 12.4. The average molecular weight is 498 g/mol. The molecule has 9 nitrogen and oxygen atoms in total. The maximum atomic E-state index is 13.3. The number of para-hydroxylation sites is 1. The summed E-state index contributed by atoms with van der Waals surface area (Å²) in [7, 11) is 0. The van der Waals surface area contributed by atoms with Gasteiger partial charge >= 0.3 is 0 Å². The van der Waals surface area contributed by atoms with Crippen molar-refractivity contribution in [2.75, 3.05) is 19.7 Å². The second kappa shape index (κ2) is 11.8. The molecule has 0 radical (unpaired) electrons. The van der Waals surface area contributed by atoms with Crippen LogP contribution in [0.25, 0.3) is 10.9 Å². The quantitative estimate of drug-likeness (QED) is 0.319. The molecule has 1 heterocycles. The first-order valence-electron chi connectivity index (χ1n) is 11.8. The lowest BCUT2D eigenvalue weighted by Gasteiger charge is -2.30. The zero-order valence-electron chi connectivity index (χ0n) is 20.7. The van der Waals surface area contributed by atoms with Crippen molar-refractivity contribution in [3.05, 3.63) is 65.6 Å². The second-order valence-corrected chi connectivity index (χ2v) is 9.57. The van der Waals surface area contributed by atoms with Gasteiger partial charge in [0.25, 0.3) is 5.91 Å². The molecule has 192 valence electrons. The molecule has 3 amide bonds. The molecule has 1 aromatic heterocycles. The minimum Gasteiger partial charge on any atom is -0.396 e. The van der Waals surface area contributed by atoms with Gasteiger partial charge in [0.2, 0.25) is 11.8 Å². The number of carbonyl (C=O) groups excluding carboxylic acids is 3. The van der Waals surface area contributed by atoms with Gasteiger partial charge in [-0.25, -0.2) is 4.39 Å². The number of aliphatic hydroxyl groups is 1. The first kappa shape index (κ1) is 26.8. The van der Waals surface area contributed by atoms with Gasteiger partial charge in [0.05, 0.1) is 18.6 Å². The Morgan fingerprint density at radius 3 is 2.42 bits per heavy atom. The van der Waals surface area contributed by atoms with E-state index in [9.17, 15) is 18.8 Å². The van der Waals surface area contributed by atoms with Gasteiger partial charge in [0, 0.05) is 18.5 Å². The van der Waals surface area contributed by atoms with Crippen LogP contribution in [0.15, 0.2) is 48.5 Å². The SMILES string of the molecule is CC(C)(C)[C@H](NC(=O)c1nn(Cc2ccc(F)cc2)c2ccccc12)C(=O)NCC(=O)NCCCO. The number of hydrogen-bond donors (Lipinski definition) is 4. The number of fused-ring (bicyclic) bond motifs is 1. The number of nitrogens with zero attached hydrogens (tertiary/aromatic N) is 2. The Morgan fingerprint density at radius 2 is 1.75 bits per heavy atom. The molecule has 3 aromatic rings. The molecular formula is C26H32FN5O4. The van der Waals surface area contributed by atoms with Crippen LogP contribution in [0.2, 0.25) is 0 Å². The molecule has 0 aliphatic heterocycles. The Kier molecular flexibility index (Phi) is 8.76. The van der Waals surface area contributed by atoms with E-state index in [1.165, 1.54) is 12.1 Å². The Hall–Kier alpha value is -3.79. The largest absolute Gasteiger partial charge is 0.396 e. The number of hydrogen-bond acceptors (Lipinski definition) is 5. The first-order chi connectivity index (χ1) is 17.1. The topological polar surface area (TPSA) is 125 Å². The molecule has 0 fully saturated rings. The van der Waals surface area contributed by atoms with Gasteiger partial charge in [-0.3, -0.25) is 19.1 Å². The Bertz CT molecular complexity index is 1220. The van der Waals surface area contributed by atoms with Crippen LogP contribution in [-0.2, 0) is 16.1 Å². The fourth-order valence-corrected chi connectivity index (χ4v) is 3.69. The van der Waals surface area contributed by atoms with E-state index in [0.29, 0.717) is 24.9 Å². The minimum atomic E-state index is -0.934. The number of nitrogens with one attached hydrogen (secondary N) is 3. The lowest BCUT2D eigenvalue weighted by molar-refractivity contribution is -0.128. The van der Waals surface area contributed by atoms with E-state index >= 15 is 0 Å². The first-order valence-corrected chi connectivity index (χ1v) is 11.8. The van der Waals surface area contributed by atoms with Crippen molar-refractivity contribution in [3.63, 3.8) is 0 Å². The molecule has 0 unspecified atom stereocenters. The summed E-state index contributed by atoms with van der Waals surface area (Å²) in [5.74, 6) is -1.74. The summed E-state index contributed by atoms with van der Waals surface area (Å²) >= 11 is 0. The molecule has 0 aliphatic rings. The summed E-state index contributed by atoms with van der Waals surface area (Å²) in [5.41, 5.74) is 1.06. The number of carbonyl (C=O) groups is 3. The normalized spacial score (nSPS) is 12.2. The van der Waals surface area contributed by atoms with E-state index in [2.05, 4.69) is 21.0 Å². The fraction of sp³-hybridized carbons (Fsp3) is 0.385. The van der Waals surface area contributed by atoms with E-state index in [4.69, 9.17) is 5.11 Å². The van der Waals surface area contributed by atoms with Crippen LogP contribution in [0, 0.1) is 11.2 Å². The number of amides is 3. The van der Waals surface area contributed by atoms with Gasteiger partial charge in [-0.15, -0.1) is 0 Å². The number of benzene rings is 2. The van der Waals surface area contributed by atoms with Crippen LogP contribution in [-0.4, -0.2) is 58.3 Å². The standard InChI is InChI=1S/C26H32FN5O4/c1-26(2,3)23(25(36)29-15-21(34)28-13-6-14-33)30-24(35)22-19-7-4-5-8-20(19)32(31-22)16-17-9-11-18(27)12-10-17/h4-5,7-12,23,33H,6,13-16H2,1-3H3,(H,28,34)(H,29,36)(H,30,35)/t23-/m1/s1. The molecule has 0 saturated carbocycles. The van der Waals surface area contributed by atoms with Crippen LogP contribution in [0.4, 0.5) is 4.39 Å². The monoisotopic (exact) mass is 497 g/mol. The highest BCUT2D eigenvalue weighted by Crippen LogP contribution is 2.23. The van der Waals surface area contributed by atoms with Crippen LogP contribution in [0.1, 0.15) is 43.2 Å². The molecule has 0 spiro atoms. The molecule has 0 aliphatic carbocycles. The summed E-state index contributed by atoms with van der Waals surface area (Å²) in [6.07, 6.45) is 0.419. The second-order valence-electron chi connectivity index (χ2n) is 9.57. The highest BCUT2D eigenvalue weighted by atomic mass is 19.1. The average Bonchev–Trinajstić information content (AvgIpc) is 3.20. The predicted molar refractivity (Wildman–Crippen MR) is 134 cm³/mol. The Labute approximate surface area is 209 Å². The zero-order chi connectivity index (χ0) is 26.3. The Morgan fingerprint density at radius 1 is 1.06 bits per heavy atom. The maximum Gasteiger partial charge on any atom is 0.273 e. The number of rotatable bonds is 10. The van der Waals surface area contributed by atoms with Crippen molar-refractivity contribution >= 4 is 28.6 Å². The number of aromatic nitrogens is 2. The van der Waals surface area contributed by atoms with E-state index in [1.807, 2.05) is 32.9 Å². The van der Waals surface area contributed by atoms with Gasteiger partial charge in [0.15, 0.2) is 5.69 Å². The van der Waals surface area contributed by atoms with E-state index in [-0.39, 0.29) is 30.6 Å². The molecule has 0 bridgehead atoms. The lowest BCUT2D eigenvalue weighted by atomic mass is 9.86. The van der Waals surface area contributed by atoms with E-state index < -0.39 is 23.3 Å². The van der Waals surface area contributed by atoms with E-state index in [1.54, 1.807) is 28.9 Å². The third-order valence-electron chi connectivity index (χ3n) is 5.60. The van der Waals surface area contributed by atoms with Crippen LogP contribution < -0.4 is 16.0 Å². The summed E-state index contributed by atoms with van der Waals surface area (Å²) < 4.78 is 15.0. The minimum absolute atomic E-state index is 0.0425. The van der Waals surface area contributed by atoms with Crippen molar-refractivity contribution < 1.29 is 23.9 Å². The Balaban J connectivity index is 1.78. The molecule has 1 atom stereocenters. The summed E-state index contributed by atoms with van der Waals surface area (Å²) in [6.45, 7) is 5.78. The molecule has 0 saturated heterocycles. The van der Waals surface area contributed by atoms with E-state index in [0.717, 1.165) is 11.1 Å². The highest BCUT2D eigenvalue weighted by molar-refractivity contribution is 6.06. The third kappa shape index (κ3) is 6.88. The van der Waals surface area contributed by atoms with Gasteiger partial charge < -0.3 is 21.1 Å². The van der Waals surface area contributed by atoms with Gasteiger partial charge in [-0.2, -0.15) is 5.10 Å². The lowest BCUT2D eigenvalue weighted by Crippen LogP contribution is -2.55. The number of halogens is 1. The van der Waals surface area contributed by atoms with Crippen molar-refractivity contribution in [2.24, 2.45) is 5.41 Å². The van der Waals surface area contributed by atoms with Crippen molar-refractivity contribution in [1.82, 2.24) is 25.7 Å². The van der Waals surface area contributed by atoms with Crippen LogP contribution in [0.3, 0.4) is 0 Å². The highest BCUT2D eigenvalue weighted by Gasteiger charge is 2.34. The molecule has 10 heteroatoms. The molecule has 2 aromatic carbocycles. The molecular weight excluding hydrogens is 465 g/mol. The van der Waals surface area contributed by atoms with Gasteiger partial charge in [0.1, 0.15) is 11.9 Å². The summed E-state index contributed by atoms with van der Waals surface area (Å²) in [5, 5.41) is 21.9. The third-order valence-corrected chi connectivity index (χ3v) is 5.60. The van der Waals surface area contributed by atoms with Crippen molar-refractivity contribution in [2.45, 2.75) is 39.8 Å². The van der Waals surface area contributed by atoms with Crippen molar-refractivity contribution in [3.8, 4) is 0 Å². The number of aliphatic hydroxyl groups excluding tert-OH is 1. The smallest absolute Gasteiger partial charge is 0.273 e. The predicted octanol–water partition coefficient (Wildman–Crippen LogP) is 1.98. The maximum absolute atomic E-state index is 13.3.